The van der Waals surface area contributed by atoms with Crippen LogP contribution in [0.3, 0.4) is 0 Å². The zero-order valence-corrected chi connectivity index (χ0v) is 12.0. The lowest BCUT2D eigenvalue weighted by Crippen LogP contribution is -2.40. The third-order valence-corrected chi connectivity index (χ3v) is 3.75. The predicted octanol–water partition coefficient (Wildman–Crippen LogP) is 2.67. The van der Waals surface area contributed by atoms with Gasteiger partial charge in [-0.1, -0.05) is 36.4 Å². The molecule has 0 atom stereocenters. The molecular formula is C17H23NO2. The Bertz CT molecular complexity index is 422. The van der Waals surface area contributed by atoms with Crippen molar-refractivity contribution in [3.05, 3.63) is 48.6 Å². The molecule has 0 spiro atoms. The third kappa shape index (κ3) is 4.49. The number of piperidine rings is 1. The highest BCUT2D eigenvalue weighted by Crippen LogP contribution is 2.18. The van der Waals surface area contributed by atoms with Crippen molar-refractivity contribution in [2.24, 2.45) is 5.92 Å². The van der Waals surface area contributed by atoms with E-state index in [1.807, 2.05) is 35.2 Å². The van der Waals surface area contributed by atoms with Crippen LogP contribution in [0.15, 0.2) is 43.0 Å². The average molecular weight is 273 g/mol. The third-order valence-electron chi connectivity index (χ3n) is 3.75. The molecule has 1 aliphatic heterocycles. The molecule has 1 aliphatic rings. The first-order chi connectivity index (χ1) is 9.79. The van der Waals surface area contributed by atoms with Gasteiger partial charge in [-0.15, -0.1) is 6.58 Å². The number of benzene rings is 1. The second-order valence-corrected chi connectivity index (χ2v) is 5.31. The first-order valence-electron chi connectivity index (χ1n) is 7.30. The fourth-order valence-corrected chi connectivity index (χ4v) is 2.55. The van der Waals surface area contributed by atoms with Gasteiger partial charge in [0.15, 0.2) is 0 Å². The lowest BCUT2D eigenvalue weighted by molar-refractivity contribution is -0.132. The van der Waals surface area contributed by atoms with Gasteiger partial charge in [-0.3, -0.25) is 4.79 Å². The number of amides is 1. The first kappa shape index (κ1) is 14.8. The Morgan fingerprint density at radius 1 is 1.30 bits per heavy atom. The van der Waals surface area contributed by atoms with Gasteiger partial charge in [-0.05, 0) is 24.3 Å². The van der Waals surface area contributed by atoms with Crippen molar-refractivity contribution in [3.8, 4) is 0 Å². The summed E-state index contributed by atoms with van der Waals surface area (Å²) in [5.41, 5.74) is 1.09. The van der Waals surface area contributed by atoms with E-state index in [4.69, 9.17) is 4.74 Å². The molecule has 1 fully saturated rings. The van der Waals surface area contributed by atoms with E-state index in [0.717, 1.165) is 38.1 Å². The molecule has 3 nitrogen and oxygen atoms in total. The molecule has 0 saturated carbocycles. The Kier molecular flexibility index (Phi) is 5.81. The Hall–Kier alpha value is -1.61. The maximum Gasteiger partial charge on any atom is 0.226 e. The minimum atomic E-state index is 0.238. The number of rotatable bonds is 6. The van der Waals surface area contributed by atoms with Crippen LogP contribution in [0, 0.1) is 5.92 Å². The van der Waals surface area contributed by atoms with E-state index in [0.29, 0.717) is 18.9 Å². The summed E-state index contributed by atoms with van der Waals surface area (Å²) in [6.45, 7) is 6.75. The zero-order chi connectivity index (χ0) is 14.2. The highest BCUT2D eigenvalue weighted by atomic mass is 16.5. The average Bonchev–Trinajstić information content (AvgIpc) is 2.49. The molecular weight excluding hydrogens is 250 g/mol. The number of likely N-dealkylation sites (tertiary alicyclic amines) is 1. The molecule has 1 aromatic carbocycles. The normalized spacial score (nSPS) is 16.1. The van der Waals surface area contributed by atoms with Gasteiger partial charge >= 0.3 is 0 Å². The number of ether oxygens (including phenoxy) is 1. The fraction of sp³-hybridized carbons (Fsp3) is 0.471. The summed E-state index contributed by atoms with van der Waals surface area (Å²) in [5.74, 6) is 0.817. The number of hydrogen-bond donors (Lipinski definition) is 0. The van der Waals surface area contributed by atoms with E-state index in [2.05, 4.69) is 6.58 Å². The van der Waals surface area contributed by atoms with Crippen LogP contribution < -0.4 is 0 Å². The monoisotopic (exact) mass is 273 g/mol. The second-order valence-electron chi connectivity index (χ2n) is 5.31. The Balaban J connectivity index is 1.73. The summed E-state index contributed by atoms with van der Waals surface area (Å²) in [6, 6.07) is 9.95. The van der Waals surface area contributed by atoms with Crippen LogP contribution in [-0.4, -0.2) is 37.1 Å². The van der Waals surface area contributed by atoms with Crippen LogP contribution in [0.5, 0.6) is 0 Å². The molecule has 2 rings (SSSR count). The fourth-order valence-electron chi connectivity index (χ4n) is 2.55. The van der Waals surface area contributed by atoms with Crippen molar-refractivity contribution in [1.82, 2.24) is 4.90 Å². The van der Waals surface area contributed by atoms with E-state index < -0.39 is 0 Å². The van der Waals surface area contributed by atoms with Gasteiger partial charge in [-0.2, -0.15) is 0 Å². The van der Waals surface area contributed by atoms with Crippen LogP contribution in [0.25, 0.3) is 0 Å². The van der Waals surface area contributed by atoms with Gasteiger partial charge in [-0.25, -0.2) is 0 Å². The lowest BCUT2D eigenvalue weighted by atomic mass is 9.97. The van der Waals surface area contributed by atoms with E-state index in [-0.39, 0.29) is 5.91 Å². The summed E-state index contributed by atoms with van der Waals surface area (Å²) in [4.78, 5) is 14.2. The van der Waals surface area contributed by atoms with Gasteiger partial charge in [0.05, 0.1) is 13.0 Å². The highest BCUT2D eigenvalue weighted by molar-refractivity contribution is 5.78. The van der Waals surface area contributed by atoms with Gasteiger partial charge < -0.3 is 9.64 Å². The zero-order valence-electron chi connectivity index (χ0n) is 12.0. The molecule has 1 aromatic rings. The highest BCUT2D eigenvalue weighted by Gasteiger charge is 2.22. The summed E-state index contributed by atoms with van der Waals surface area (Å²) in [5, 5.41) is 0. The smallest absolute Gasteiger partial charge is 0.226 e. The molecule has 0 aliphatic carbocycles. The van der Waals surface area contributed by atoms with Gasteiger partial charge in [0.2, 0.25) is 5.91 Å². The minimum Gasteiger partial charge on any atom is -0.377 e. The van der Waals surface area contributed by atoms with Crippen LogP contribution in [0.1, 0.15) is 18.4 Å². The van der Waals surface area contributed by atoms with Crippen molar-refractivity contribution in [2.75, 3.05) is 26.3 Å². The molecule has 1 saturated heterocycles. The Morgan fingerprint density at radius 3 is 2.65 bits per heavy atom. The van der Waals surface area contributed by atoms with Crippen molar-refractivity contribution in [1.29, 1.82) is 0 Å². The minimum absolute atomic E-state index is 0.238. The molecule has 1 heterocycles. The molecule has 3 heteroatoms. The summed E-state index contributed by atoms with van der Waals surface area (Å²) in [6.07, 6.45) is 4.37. The number of carbonyl (C=O) groups excluding carboxylic acids is 1. The lowest BCUT2D eigenvalue weighted by Gasteiger charge is -2.32. The van der Waals surface area contributed by atoms with Crippen molar-refractivity contribution in [3.63, 3.8) is 0 Å². The van der Waals surface area contributed by atoms with Gasteiger partial charge in [0.25, 0.3) is 0 Å². The van der Waals surface area contributed by atoms with Crippen LogP contribution in [0.4, 0.5) is 0 Å². The first-order valence-corrected chi connectivity index (χ1v) is 7.30. The number of hydrogen-bond acceptors (Lipinski definition) is 2. The van der Waals surface area contributed by atoms with E-state index in [1.165, 1.54) is 0 Å². The molecule has 0 bridgehead atoms. The maximum atomic E-state index is 12.2. The van der Waals surface area contributed by atoms with Crippen molar-refractivity contribution >= 4 is 5.91 Å². The largest absolute Gasteiger partial charge is 0.377 e. The van der Waals surface area contributed by atoms with Gasteiger partial charge in [0, 0.05) is 19.7 Å². The Labute approximate surface area is 121 Å². The maximum absolute atomic E-state index is 12.2. The molecule has 20 heavy (non-hydrogen) atoms. The standard InChI is InChI=1S/C17H23NO2/c1-2-12-20-14-16-8-10-18(11-9-16)17(19)13-15-6-4-3-5-7-15/h2-7,16H,1,8-14H2. The van der Waals surface area contributed by atoms with E-state index >= 15 is 0 Å². The van der Waals surface area contributed by atoms with Crippen molar-refractivity contribution < 1.29 is 9.53 Å². The van der Waals surface area contributed by atoms with Crippen LogP contribution >= 0.6 is 0 Å². The van der Waals surface area contributed by atoms with Crippen molar-refractivity contribution in [2.45, 2.75) is 19.3 Å². The quantitative estimate of drug-likeness (QED) is 0.589. The number of carbonyl (C=O) groups is 1. The second kappa shape index (κ2) is 7.85. The van der Waals surface area contributed by atoms with Gasteiger partial charge in [0.1, 0.15) is 0 Å². The topological polar surface area (TPSA) is 29.5 Å². The van der Waals surface area contributed by atoms with Crippen LogP contribution in [-0.2, 0) is 16.0 Å². The van der Waals surface area contributed by atoms with Crippen LogP contribution in [0.2, 0.25) is 0 Å². The number of nitrogens with zero attached hydrogens (tertiary/aromatic N) is 1. The summed E-state index contributed by atoms with van der Waals surface area (Å²) >= 11 is 0. The van der Waals surface area contributed by atoms with E-state index in [9.17, 15) is 4.79 Å². The Morgan fingerprint density at radius 2 is 2.00 bits per heavy atom. The molecule has 1 amide bonds. The SMILES string of the molecule is C=CCOCC1CCN(C(=O)Cc2ccccc2)CC1. The molecule has 0 aromatic heterocycles. The predicted molar refractivity (Wildman–Crippen MR) is 80.5 cm³/mol. The summed E-state index contributed by atoms with van der Waals surface area (Å²) in [7, 11) is 0. The molecule has 0 radical (unpaired) electrons. The molecule has 0 N–H and O–H groups in total. The summed E-state index contributed by atoms with van der Waals surface area (Å²) < 4.78 is 5.49. The molecule has 0 unspecified atom stereocenters. The molecule has 108 valence electrons. The van der Waals surface area contributed by atoms with E-state index in [1.54, 1.807) is 6.08 Å².